The number of rotatable bonds is 3. The topological polar surface area (TPSA) is 40.6 Å². The number of hydrogen-bond donors (Lipinski definition) is 0. The van der Waals surface area contributed by atoms with Crippen LogP contribution in [0.1, 0.15) is 46.9 Å². The first-order valence-electron chi connectivity index (χ1n) is 9.43. The van der Waals surface area contributed by atoms with Crippen molar-refractivity contribution in [2.45, 2.75) is 26.2 Å². The van der Waals surface area contributed by atoms with E-state index in [2.05, 4.69) is 9.80 Å². The van der Waals surface area contributed by atoms with Gasteiger partial charge >= 0.3 is 0 Å². The molecule has 2 heterocycles. The van der Waals surface area contributed by atoms with Gasteiger partial charge in [0.05, 0.1) is 5.57 Å². The first-order valence-corrected chi connectivity index (χ1v) is 9.43. The van der Waals surface area contributed by atoms with Crippen molar-refractivity contribution in [1.29, 1.82) is 0 Å². The van der Waals surface area contributed by atoms with Crippen LogP contribution < -0.4 is 0 Å². The molecule has 0 unspecified atom stereocenters. The van der Waals surface area contributed by atoms with Crippen LogP contribution in [0, 0.1) is 0 Å². The quantitative estimate of drug-likeness (QED) is 0.618. The number of benzene rings is 1. The molecule has 3 aliphatic rings. The summed E-state index contributed by atoms with van der Waals surface area (Å²) in [6, 6.07) is 7.07. The second-order valence-corrected chi connectivity index (χ2v) is 7.23. The van der Waals surface area contributed by atoms with Gasteiger partial charge in [0.15, 0.2) is 11.6 Å². The maximum atomic E-state index is 12.7. The van der Waals surface area contributed by atoms with Gasteiger partial charge < -0.3 is 9.80 Å². The molecule has 0 radical (unpaired) electrons. The van der Waals surface area contributed by atoms with Gasteiger partial charge in [0.2, 0.25) is 0 Å². The molecule has 1 aromatic carbocycles. The summed E-state index contributed by atoms with van der Waals surface area (Å²) in [4.78, 5) is 30.0. The van der Waals surface area contributed by atoms with Crippen molar-refractivity contribution < 1.29 is 9.59 Å². The molecule has 1 fully saturated rings. The van der Waals surface area contributed by atoms with E-state index in [0.29, 0.717) is 16.7 Å². The van der Waals surface area contributed by atoms with Gasteiger partial charge in [-0.1, -0.05) is 30.7 Å². The van der Waals surface area contributed by atoms with Gasteiger partial charge in [-0.15, -0.1) is 0 Å². The molecule has 1 saturated heterocycles. The van der Waals surface area contributed by atoms with E-state index in [9.17, 15) is 9.59 Å². The molecular weight excluding hydrogens is 324 g/mol. The third-order valence-corrected chi connectivity index (χ3v) is 5.52. The zero-order valence-corrected chi connectivity index (χ0v) is 15.2. The van der Waals surface area contributed by atoms with Crippen LogP contribution in [0.3, 0.4) is 0 Å². The van der Waals surface area contributed by atoms with Crippen molar-refractivity contribution in [3.8, 4) is 0 Å². The molecule has 2 aliphatic heterocycles. The Bertz CT molecular complexity index is 804. The first-order chi connectivity index (χ1) is 12.6. The minimum Gasteiger partial charge on any atom is -0.350 e. The van der Waals surface area contributed by atoms with Crippen molar-refractivity contribution in [2.24, 2.45) is 0 Å². The van der Waals surface area contributed by atoms with Crippen molar-refractivity contribution in [3.05, 3.63) is 70.6 Å². The van der Waals surface area contributed by atoms with Crippen LogP contribution in [0.4, 0.5) is 0 Å². The van der Waals surface area contributed by atoms with Gasteiger partial charge in [0, 0.05) is 36.1 Å². The van der Waals surface area contributed by atoms with Crippen molar-refractivity contribution in [1.82, 2.24) is 9.80 Å². The van der Waals surface area contributed by atoms with Crippen molar-refractivity contribution in [2.75, 3.05) is 26.2 Å². The Morgan fingerprint density at radius 2 is 1.58 bits per heavy atom. The van der Waals surface area contributed by atoms with Crippen LogP contribution in [0.2, 0.25) is 0 Å². The molecule has 4 nitrogen and oxygen atoms in total. The molecule has 0 amide bonds. The number of allylic oxidation sites excluding steroid dienone is 5. The normalized spacial score (nSPS) is 20.7. The molecule has 0 aromatic heterocycles. The predicted molar refractivity (Wildman–Crippen MR) is 102 cm³/mol. The van der Waals surface area contributed by atoms with E-state index in [-0.39, 0.29) is 11.6 Å². The fourth-order valence-electron chi connectivity index (χ4n) is 4.00. The SMILES string of the molecule is CC1=CC(=C2C(=O)c3ccccc3C2=O)C=CN1CCN1CCCCC1. The average Bonchev–Trinajstić information content (AvgIpc) is 2.93. The lowest BCUT2D eigenvalue weighted by atomic mass is 10.0. The van der Waals surface area contributed by atoms with E-state index < -0.39 is 0 Å². The Kier molecular flexibility index (Phi) is 4.60. The average molecular weight is 348 g/mol. The summed E-state index contributed by atoms with van der Waals surface area (Å²) in [6.45, 7) is 6.40. The van der Waals surface area contributed by atoms with Crippen LogP contribution in [-0.4, -0.2) is 47.5 Å². The van der Waals surface area contributed by atoms with Crippen molar-refractivity contribution in [3.63, 3.8) is 0 Å². The van der Waals surface area contributed by atoms with E-state index in [1.165, 1.54) is 32.4 Å². The Balaban J connectivity index is 1.51. The Hall–Kier alpha value is -2.46. The standard InChI is InChI=1S/C22H24N2O2/c1-16-15-17(9-12-24(16)14-13-23-10-5-2-6-11-23)20-21(25)18-7-3-4-8-19(18)22(20)26/h3-4,7-9,12,15H,2,5-6,10-11,13-14H2,1H3. The highest BCUT2D eigenvalue weighted by Crippen LogP contribution is 2.31. The van der Waals surface area contributed by atoms with E-state index >= 15 is 0 Å². The van der Waals surface area contributed by atoms with Gasteiger partial charge in [-0.25, -0.2) is 0 Å². The van der Waals surface area contributed by atoms with Crippen LogP contribution in [0.25, 0.3) is 0 Å². The van der Waals surface area contributed by atoms with E-state index in [1.54, 1.807) is 24.3 Å². The maximum Gasteiger partial charge on any atom is 0.198 e. The smallest absolute Gasteiger partial charge is 0.198 e. The van der Waals surface area contributed by atoms with Gasteiger partial charge in [-0.3, -0.25) is 9.59 Å². The number of fused-ring (bicyclic) bond motifs is 1. The third-order valence-electron chi connectivity index (χ3n) is 5.52. The molecule has 4 heteroatoms. The summed E-state index contributed by atoms with van der Waals surface area (Å²) in [5.74, 6) is -0.313. The molecule has 0 spiro atoms. The third kappa shape index (κ3) is 3.06. The van der Waals surface area contributed by atoms with E-state index in [1.807, 2.05) is 25.3 Å². The van der Waals surface area contributed by atoms with Crippen LogP contribution in [0.15, 0.2) is 59.5 Å². The lowest BCUT2D eigenvalue weighted by molar-refractivity contribution is 0.0988. The highest BCUT2D eigenvalue weighted by atomic mass is 16.2. The fourth-order valence-corrected chi connectivity index (χ4v) is 4.00. The number of ketones is 2. The number of nitrogens with zero attached hydrogens (tertiary/aromatic N) is 2. The van der Waals surface area contributed by atoms with E-state index in [0.717, 1.165) is 24.4 Å². The first kappa shape index (κ1) is 17.0. The summed E-state index contributed by atoms with van der Waals surface area (Å²) in [7, 11) is 0. The van der Waals surface area contributed by atoms with Crippen molar-refractivity contribution >= 4 is 11.6 Å². The number of Topliss-reactive ketones (excluding diaryl/α,β-unsaturated/α-hetero) is 2. The minimum absolute atomic E-state index is 0.156. The summed E-state index contributed by atoms with van der Waals surface area (Å²) in [5, 5.41) is 0. The molecule has 0 N–H and O–H groups in total. The number of likely N-dealkylation sites (tertiary alicyclic amines) is 1. The van der Waals surface area contributed by atoms with Crippen LogP contribution in [-0.2, 0) is 0 Å². The maximum absolute atomic E-state index is 12.7. The molecule has 1 aromatic rings. The number of hydrogen-bond acceptors (Lipinski definition) is 4. The molecule has 4 rings (SSSR count). The van der Waals surface area contributed by atoms with Gasteiger partial charge in [-0.2, -0.15) is 0 Å². The van der Waals surface area contributed by atoms with Crippen LogP contribution in [0.5, 0.6) is 0 Å². The Morgan fingerprint density at radius 1 is 0.923 bits per heavy atom. The zero-order chi connectivity index (χ0) is 18.1. The van der Waals surface area contributed by atoms with Crippen LogP contribution >= 0.6 is 0 Å². The summed E-state index contributed by atoms with van der Waals surface area (Å²) >= 11 is 0. The lowest BCUT2D eigenvalue weighted by Gasteiger charge is -2.31. The molecular formula is C22H24N2O2. The van der Waals surface area contributed by atoms with Gasteiger partial charge in [0.1, 0.15) is 0 Å². The molecule has 1 aliphatic carbocycles. The van der Waals surface area contributed by atoms with E-state index in [4.69, 9.17) is 0 Å². The molecule has 26 heavy (non-hydrogen) atoms. The second kappa shape index (κ2) is 7.04. The number of carbonyl (C=O) groups is 2. The second-order valence-electron chi connectivity index (χ2n) is 7.23. The minimum atomic E-state index is -0.156. The molecule has 0 bridgehead atoms. The Labute approximate surface area is 154 Å². The Morgan fingerprint density at radius 3 is 2.19 bits per heavy atom. The summed E-state index contributed by atoms with van der Waals surface area (Å²) in [5.41, 5.74) is 3.14. The molecule has 0 saturated carbocycles. The summed E-state index contributed by atoms with van der Waals surface area (Å²) < 4.78 is 0. The molecule has 0 atom stereocenters. The highest BCUT2D eigenvalue weighted by Gasteiger charge is 2.34. The van der Waals surface area contributed by atoms with Gasteiger partial charge in [0.25, 0.3) is 0 Å². The number of piperidine rings is 1. The largest absolute Gasteiger partial charge is 0.350 e. The summed E-state index contributed by atoms with van der Waals surface area (Å²) in [6.07, 6.45) is 9.82. The zero-order valence-electron chi connectivity index (χ0n) is 15.2. The predicted octanol–water partition coefficient (Wildman–Crippen LogP) is 3.58. The monoisotopic (exact) mass is 348 g/mol. The highest BCUT2D eigenvalue weighted by molar-refractivity contribution is 6.40. The lowest BCUT2D eigenvalue weighted by Crippen LogP contribution is -2.36. The fraction of sp³-hybridized carbons (Fsp3) is 0.364. The molecule has 134 valence electrons. The number of carbonyl (C=O) groups excluding carboxylic acids is 2. The van der Waals surface area contributed by atoms with Gasteiger partial charge in [-0.05, 0) is 50.6 Å².